The van der Waals surface area contributed by atoms with Crippen molar-refractivity contribution < 1.29 is 9.22 Å². The molecule has 26 heavy (non-hydrogen) atoms. The standard InChI is InChI=1S/C21H34O2Si3/c1-23-26(6,7)21-13-9-10-18(15-21)16-24(2,3)20-12-8-11-19(14-20)17-25(4,5)22/h8-15,22H,16-17H2,1-7H3. The van der Waals surface area contributed by atoms with E-state index in [1.165, 1.54) is 21.5 Å². The maximum Gasteiger partial charge on any atom is 0.217 e. The van der Waals surface area contributed by atoms with E-state index >= 15 is 0 Å². The van der Waals surface area contributed by atoms with E-state index in [9.17, 15) is 4.80 Å². The summed E-state index contributed by atoms with van der Waals surface area (Å²) in [7, 11) is -3.65. The highest BCUT2D eigenvalue weighted by molar-refractivity contribution is 6.89. The van der Waals surface area contributed by atoms with Gasteiger partial charge in [0.05, 0.1) is 8.07 Å². The Hall–Kier alpha value is -0.989. The second-order valence-electron chi connectivity index (χ2n) is 9.17. The fourth-order valence-electron chi connectivity index (χ4n) is 3.39. The van der Waals surface area contributed by atoms with Crippen molar-refractivity contribution in [2.24, 2.45) is 0 Å². The van der Waals surface area contributed by atoms with E-state index in [1.807, 2.05) is 20.2 Å². The third-order valence-electron chi connectivity index (χ3n) is 5.12. The smallest absolute Gasteiger partial charge is 0.217 e. The molecule has 0 fully saturated rings. The van der Waals surface area contributed by atoms with Crippen LogP contribution in [-0.2, 0) is 16.5 Å². The predicted molar refractivity (Wildman–Crippen MR) is 121 cm³/mol. The topological polar surface area (TPSA) is 29.5 Å². The van der Waals surface area contributed by atoms with Crippen molar-refractivity contribution in [3.8, 4) is 0 Å². The van der Waals surface area contributed by atoms with Gasteiger partial charge in [-0.15, -0.1) is 0 Å². The summed E-state index contributed by atoms with van der Waals surface area (Å²) in [6.45, 7) is 13.4. The molecule has 2 aromatic carbocycles. The van der Waals surface area contributed by atoms with E-state index in [2.05, 4.69) is 74.7 Å². The van der Waals surface area contributed by atoms with Crippen molar-refractivity contribution in [2.45, 2.75) is 51.4 Å². The lowest BCUT2D eigenvalue weighted by Crippen LogP contribution is -2.46. The van der Waals surface area contributed by atoms with Crippen LogP contribution in [-0.4, -0.2) is 36.6 Å². The van der Waals surface area contributed by atoms with Gasteiger partial charge in [0.15, 0.2) is 8.32 Å². The number of hydrogen-bond acceptors (Lipinski definition) is 2. The van der Waals surface area contributed by atoms with Crippen LogP contribution < -0.4 is 10.4 Å². The minimum atomic E-state index is -2.08. The maximum absolute atomic E-state index is 10.3. The zero-order valence-electron chi connectivity index (χ0n) is 17.4. The van der Waals surface area contributed by atoms with E-state index in [0.29, 0.717) is 0 Å². The summed E-state index contributed by atoms with van der Waals surface area (Å²) in [5, 5.41) is 2.84. The van der Waals surface area contributed by atoms with Crippen LogP contribution in [0, 0.1) is 0 Å². The molecule has 2 nitrogen and oxygen atoms in total. The molecule has 0 heterocycles. The molecule has 0 aliphatic carbocycles. The molecule has 0 saturated heterocycles. The molecule has 0 amide bonds. The van der Waals surface area contributed by atoms with Crippen molar-refractivity contribution in [1.82, 2.24) is 0 Å². The second-order valence-corrected chi connectivity index (χ2v) is 21.8. The van der Waals surface area contributed by atoms with E-state index in [-0.39, 0.29) is 0 Å². The lowest BCUT2D eigenvalue weighted by Gasteiger charge is -2.26. The summed E-state index contributed by atoms with van der Waals surface area (Å²) < 4.78 is 5.79. The molecule has 0 saturated carbocycles. The zero-order valence-corrected chi connectivity index (χ0v) is 20.4. The van der Waals surface area contributed by atoms with Crippen LogP contribution in [0.15, 0.2) is 48.5 Å². The van der Waals surface area contributed by atoms with Gasteiger partial charge in [0.1, 0.15) is 0 Å². The monoisotopic (exact) mass is 402 g/mol. The lowest BCUT2D eigenvalue weighted by molar-refractivity contribution is 0.416. The van der Waals surface area contributed by atoms with Gasteiger partial charge < -0.3 is 9.22 Å². The lowest BCUT2D eigenvalue weighted by atomic mass is 10.2. The zero-order chi connectivity index (χ0) is 19.6. The fourth-order valence-corrected chi connectivity index (χ4v) is 8.44. The molecule has 2 rings (SSSR count). The molecule has 0 unspecified atom stereocenters. The molecule has 0 spiro atoms. The van der Waals surface area contributed by atoms with Gasteiger partial charge in [-0.2, -0.15) is 0 Å². The third kappa shape index (κ3) is 5.76. The average molecular weight is 403 g/mol. The van der Waals surface area contributed by atoms with Crippen LogP contribution in [0.1, 0.15) is 11.1 Å². The quantitative estimate of drug-likeness (QED) is 0.715. The van der Waals surface area contributed by atoms with Crippen LogP contribution in [0.3, 0.4) is 0 Å². The van der Waals surface area contributed by atoms with E-state index in [0.717, 1.165) is 12.1 Å². The van der Waals surface area contributed by atoms with E-state index in [1.54, 1.807) is 0 Å². The molecule has 0 atom stereocenters. The van der Waals surface area contributed by atoms with Crippen LogP contribution >= 0.6 is 0 Å². The Morgan fingerprint density at radius 2 is 1.27 bits per heavy atom. The number of benzene rings is 2. The highest BCUT2D eigenvalue weighted by Gasteiger charge is 2.27. The first-order valence-corrected chi connectivity index (χ1v) is 18.7. The Labute approximate surface area is 162 Å². The third-order valence-corrected chi connectivity index (χ3v) is 12.3. The Bertz CT molecular complexity index is 749. The first-order valence-electron chi connectivity index (χ1n) is 9.39. The number of hydrogen-bond donors (Lipinski definition) is 1. The Balaban J connectivity index is 2.26. The summed E-state index contributed by atoms with van der Waals surface area (Å²) >= 11 is 0. The molecule has 1 N–H and O–H groups in total. The minimum absolute atomic E-state index is 0.828. The Morgan fingerprint density at radius 3 is 1.81 bits per heavy atom. The van der Waals surface area contributed by atoms with Crippen molar-refractivity contribution in [3.63, 3.8) is 0 Å². The van der Waals surface area contributed by atoms with E-state index in [4.69, 9.17) is 4.43 Å². The molecule has 0 aliphatic rings. The largest absolute Gasteiger partial charge is 0.432 e. The van der Waals surface area contributed by atoms with Crippen LogP contribution in [0.2, 0.25) is 39.3 Å². The molecule has 0 aliphatic heterocycles. The molecule has 0 radical (unpaired) electrons. The summed E-state index contributed by atoms with van der Waals surface area (Å²) in [4.78, 5) is 10.3. The van der Waals surface area contributed by atoms with Crippen molar-refractivity contribution >= 4 is 35.1 Å². The summed E-state index contributed by atoms with van der Waals surface area (Å²) in [5.74, 6) is 0. The Morgan fingerprint density at radius 1 is 0.769 bits per heavy atom. The molecular weight excluding hydrogens is 368 g/mol. The Kier molecular flexibility index (Phi) is 6.51. The first kappa shape index (κ1) is 21.3. The van der Waals surface area contributed by atoms with E-state index < -0.39 is 24.7 Å². The molecule has 0 aromatic heterocycles. The van der Waals surface area contributed by atoms with Crippen LogP contribution in [0.4, 0.5) is 0 Å². The van der Waals surface area contributed by atoms with Crippen molar-refractivity contribution in [2.75, 3.05) is 7.11 Å². The first-order chi connectivity index (χ1) is 11.9. The molecule has 2 aromatic rings. The fraction of sp³-hybridized carbons (Fsp3) is 0.429. The molecule has 5 heteroatoms. The van der Waals surface area contributed by atoms with Gasteiger partial charge >= 0.3 is 0 Å². The predicted octanol–water partition coefficient (Wildman–Crippen LogP) is 3.72. The summed E-state index contributed by atoms with van der Waals surface area (Å²) in [6.07, 6.45) is 0. The average Bonchev–Trinajstić information content (AvgIpc) is 2.53. The summed E-state index contributed by atoms with van der Waals surface area (Å²) in [6, 6.07) is 19.9. The van der Waals surface area contributed by atoms with Gasteiger partial charge in [-0.1, -0.05) is 72.4 Å². The van der Waals surface area contributed by atoms with Crippen molar-refractivity contribution in [1.29, 1.82) is 0 Å². The summed E-state index contributed by atoms with van der Waals surface area (Å²) in [5.41, 5.74) is 2.70. The SMILES string of the molecule is CO[Si](C)(C)c1cccc(C[Si](C)(C)c2cccc(C[Si](C)(C)O)c2)c1. The molecular formula is C21H34O2Si3. The van der Waals surface area contributed by atoms with Crippen LogP contribution in [0.5, 0.6) is 0 Å². The molecule has 0 bridgehead atoms. The van der Waals surface area contributed by atoms with Gasteiger partial charge in [-0.25, -0.2) is 0 Å². The second kappa shape index (κ2) is 7.94. The highest BCUT2D eigenvalue weighted by Crippen LogP contribution is 2.16. The van der Waals surface area contributed by atoms with Gasteiger partial charge in [0, 0.05) is 7.11 Å². The molecule has 142 valence electrons. The number of rotatable bonds is 7. The maximum atomic E-state index is 10.3. The highest BCUT2D eigenvalue weighted by atomic mass is 28.4. The minimum Gasteiger partial charge on any atom is -0.432 e. The van der Waals surface area contributed by atoms with Gasteiger partial charge in [0.2, 0.25) is 8.32 Å². The van der Waals surface area contributed by atoms with Crippen molar-refractivity contribution in [3.05, 3.63) is 59.7 Å². The van der Waals surface area contributed by atoms with Gasteiger partial charge in [-0.05, 0) is 49.0 Å². The van der Waals surface area contributed by atoms with Crippen LogP contribution in [0.25, 0.3) is 0 Å². The van der Waals surface area contributed by atoms with Gasteiger partial charge in [-0.3, -0.25) is 0 Å². The normalized spacial score (nSPS) is 13.1. The van der Waals surface area contributed by atoms with Gasteiger partial charge in [0.25, 0.3) is 0 Å².